The molecule has 23 heavy (non-hydrogen) atoms. The molecule has 0 radical (unpaired) electrons. The molecule has 1 aliphatic heterocycles. The van der Waals surface area contributed by atoms with Crippen LogP contribution in [0.3, 0.4) is 0 Å². The van der Waals surface area contributed by atoms with Crippen LogP contribution in [0, 0.1) is 0 Å². The number of amides is 2. The lowest BCUT2D eigenvalue weighted by Crippen LogP contribution is -2.24. The Morgan fingerprint density at radius 1 is 1.22 bits per heavy atom. The Bertz CT molecular complexity index is 743. The van der Waals surface area contributed by atoms with Gasteiger partial charge in [0.25, 0.3) is 5.91 Å². The summed E-state index contributed by atoms with van der Waals surface area (Å²) in [6.07, 6.45) is 0.448. The molecule has 1 aliphatic rings. The third-order valence-electron chi connectivity index (χ3n) is 3.92. The van der Waals surface area contributed by atoms with Gasteiger partial charge in [-0.3, -0.25) is 9.59 Å². The zero-order valence-corrected chi connectivity index (χ0v) is 13.0. The zero-order valence-electron chi connectivity index (χ0n) is 13.0. The SMILES string of the molecule is CNC(=O)c1cccc(CN2CCC(=O)Nc3ccccc32)c1. The summed E-state index contributed by atoms with van der Waals surface area (Å²) in [6.45, 7) is 1.30. The summed E-state index contributed by atoms with van der Waals surface area (Å²) in [5.74, 6) is -0.0703. The lowest BCUT2D eigenvalue weighted by molar-refractivity contribution is -0.115. The van der Waals surface area contributed by atoms with E-state index < -0.39 is 0 Å². The third kappa shape index (κ3) is 3.34. The first-order chi connectivity index (χ1) is 11.2. The second-order valence-electron chi connectivity index (χ2n) is 5.52. The predicted molar refractivity (Wildman–Crippen MR) is 90.6 cm³/mol. The predicted octanol–water partition coefficient (Wildman–Crippen LogP) is 2.39. The lowest BCUT2D eigenvalue weighted by Gasteiger charge is -2.24. The van der Waals surface area contributed by atoms with Gasteiger partial charge >= 0.3 is 0 Å². The first kappa shape index (κ1) is 15.1. The molecule has 0 unspecified atom stereocenters. The molecule has 2 N–H and O–H groups in total. The van der Waals surface area contributed by atoms with Crippen LogP contribution in [0.15, 0.2) is 48.5 Å². The summed E-state index contributed by atoms with van der Waals surface area (Å²) < 4.78 is 0. The minimum atomic E-state index is -0.0973. The Morgan fingerprint density at radius 2 is 2.04 bits per heavy atom. The monoisotopic (exact) mass is 309 g/mol. The van der Waals surface area contributed by atoms with E-state index in [0.29, 0.717) is 25.1 Å². The smallest absolute Gasteiger partial charge is 0.251 e. The van der Waals surface area contributed by atoms with Crippen molar-refractivity contribution >= 4 is 23.2 Å². The average molecular weight is 309 g/mol. The van der Waals surface area contributed by atoms with Crippen LogP contribution in [0.25, 0.3) is 0 Å². The number of nitrogens with one attached hydrogen (secondary N) is 2. The molecule has 0 saturated heterocycles. The van der Waals surface area contributed by atoms with Crippen molar-refractivity contribution in [1.82, 2.24) is 5.32 Å². The molecule has 118 valence electrons. The Kier molecular flexibility index (Phi) is 4.28. The number of fused-ring (bicyclic) bond motifs is 1. The molecule has 0 fully saturated rings. The van der Waals surface area contributed by atoms with Crippen LogP contribution in [0.2, 0.25) is 0 Å². The number of hydrogen-bond donors (Lipinski definition) is 2. The highest BCUT2D eigenvalue weighted by Gasteiger charge is 2.19. The maximum Gasteiger partial charge on any atom is 0.251 e. The summed E-state index contributed by atoms with van der Waals surface area (Å²) >= 11 is 0. The minimum Gasteiger partial charge on any atom is -0.365 e. The van der Waals surface area contributed by atoms with Crippen LogP contribution in [0.5, 0.6) is 0 Å². The van der Waals surface area contributed by atoms with Crippen molar-refractivity contribution in [2.45, 2.75) is 13.0 Å². The Hall–Kier alpha value is -2.82. The molecule has 0 aromatic heterocycles. The van der Waals surface area contributed by atoms with E-state index in [0.717, 1.165) is 16.9 Å². The summed E-state index contributed by atoms with van der Waals surface area (Å²) in [5, 5.41) is 5.57. The van der Waals surface area contributed by atoms with E-state index in [2.05, 4.69) is 15.5 Å². The van der Waals surface area contributed by atoms with Crippen LogP contribution in [-0.2, 0) is 11.3 Å². The van der Waals surface area contributed by atoms with Gasteiger partial charge in [-0.05, 0) is 29.8 Å². The molecule has 3 rings (SSSR count). The van der Waals surface area contributed by atoms with E-state index >= 15 is 0 Å². The highest BCUT2D eigenvalue weighted by atomic mass is 16.2. The number of carbonyl (C=O) groups is 2. The number of benzene rings is 2. The standard InChI is InChI=1S/C18H19N3O2/c1-19-18(23)14-6-4-5-13(11-14)12-21-10-9-17(22)20-15-7-2-3-8-16(15)21/h2-8,11H,9-10,12H2,1H3,(H,19,23)(H,20,22). The molecule has 2 amide bonds. The van der Waals surface area contributed by atoms with Crippen LogP contribution < -0.4 is 15.5 Å². The van der Waals surface area contributed by atoms with Crippen molar-refractivity contribution in [2.24, 2.45) is 0 Å². The summed E-state index contributed by atoms with van der Waals surface area (Å²) in [7, 11) is 1.62. The maximum absolute atomic E-state index is 11.8. The largest absolute Gasteiger partial charge is 0.365 e. The zero-order chi connectivity index (χ0) is 16.2. The number of hydrogen-bond acceptors (Lipinski definition) is 3. The van der Waals surface area contributed by atoms with E-state index in [1.807, 2.05) is 42.5 Å². The van der Waals surface area contributed by atoms with Crippen LogP contribution in [-0.4, -0.2) is 25.4 Å². The van der Waals surface area contributed by atoms with Crippen molar-refractivity contribution in [2.75, 3.05) is 23.8 Å². The quantitative estimate of drug-likeness (QED) is 0.915. The van der Waals surface area contributed by atoms with E-state index in [-0.39, 0.29) is 11.8 Å². The van der Waals surface area contributed by atoms with Gasteiger partial charge in [-0.25, -0.2) is 0 Å². The van der Waals surface area contributed by atoms with Crippen molar-refractivity contribution in [3.8, 4) is 0 Å². The molecule has 1 heterocycles. The number of carbonyl (C=O) groups excluding carboxylic acids is 2. The fraction of sp³-hybridized carbons (Fsp3) is 0.222. The van der Waals surface area contributed by atoms with Gasteiger partial charge in [-0.2, -0.15) is 0 Å². The van der Waals surface area contributed by atoms with Crippen molar-refractivity contribution < 1.29 is 9.59 Å². The van der Waals surface area contributed by atoms with Gasteiger partial charge in [-0.1, -0.05) is 24.3 Å². The molecule has 2 aromatic carbocycles. The molecule has 5 nitrogen and oxygen atoms in total. The molecule has 0 bridgehead atoms. The number of anilines is 2. The summed E-state index contributed by atoms with van der Waals surface area (Å²) in [4.78, 5) is 25.8. The Morgan fingerprint density at radius 3 is 2.87 bits per heavy atom. The van der Waals surface area contributed by atoms with Crippen LogP contribution in [0.1, 0.15) is 22.3 Å². The first-order valence-electron chi connectivity index (χ1n) is 7.62. The van der Waals surface area contributed by atoms with Gasteiger partial charge in [-0.15, -0.1) is 0 Å². The second-order valence-corrected chi connectivity index (χ2v) is 5.52. The van der Waals surface area contributed by atoms with Gasteiger partial charge in [0.2, 0.25) is 5.91 Å². The van der Waals surface area contributed by atoms with E-state index in [1.54, 1.807) is 13.1 Å². The normalized spacial score (nSPS) is 13.8. The van der Waals surface area contributed by atoms with Gasteiger partial charge in [0, 0.05) is 32.1 Å². The Labute approximate surface area is 135 Å². The minimum absolute atomic E-state index is 0.0269. The molecular formula is C18H19N3O2. The van der Waals surface area contributed by atoms with Crippen LogP contribution >= 0.6 is 0 Å². The van der Waals surface area contributed by atoms with Gasteiger partial charge in [0.05, 0.1) is 11.4 Å². The van der Waals surface area contributed by atoms with E-state index in [9.17, 15) is 9.59 Å². The molecule has 0 spiro atoms. The summed E-state index contributed by atoms with van der Waals surface area (Å²) in [5.41, 5.74) is 3.51. The van der Waals surface area contributed by atoms with Crippen molar-refractivity contribution in [1.29, 1.82) is 0 Å². The molecule has 2 aromatic rings. The Balaban J connectivity index is 1.88. The van der Waals surface area contributed by atoms with Crippen molar-refractivity contribution in [3.63, 3.8) is 0 Å². The molecule has 0 atom stereocenters. The molecular weight excluding hydrogens is 290 g/mol. The molecule has 5 heteroatoms. The molecule has 0 saturated carbocycles. The lowest BCUT2D eigenvalue weighted by atomic mass is 10.1. The first-order valence-corrected chi connectivity index (χ1v) is 7.62. The average Bonchev–Trinajstić information content (AvgIpc) is 2.73. The number of rotatable bonds is 3. The maximum atomic E-state index is 11.8. The fourth-order valence-electron chi connectivity index (χ4n) is 2.76. The highest BCUT2D eigenvalue weighted by molar-refractivity contribution is 5.96. The third-order valence-corrected chi connectivity index (χ3v) is 3.92. The second kappa shape index (κ2) is 6.52. The van der Waals surface area contributed by atoms with E-state index in [1.165, 1.54) is 0 Å². The van der Waals surface area contributed by atoms with Crippen molar-refractivity contribution in [3.05, 3.63) is 59.7 Å². The van der Waals surface area contributed by atoms with Gasteiger partial charge < -0.3 is 15.5 Å². The van der Waals surface area contributed by atoms with Gasteiger partial charge in [0.15, 0.2) is 0 Å². The summed E-state index contributed by atoms with van der Waals surface area (Å²) in [6, 6.07) is 15.3. The fourth-order valence-corrected chi connectivity index (χ4v) is 2.76. The van der Waals surface area contributed by atoms with Crippen LogP contribution in [0.4, 0.5) is 11.4 Å². The topological polar surface area (TPSA) is 61.4 Å². The van der Waals surface area contributed by atoms with Gasteiger partial charge in [0.1, 0.15) is 0 Å². The highest BCUT2D eigenvalue weighted by Crippen LogP contribution is 2.29. The van der Waals surface area contributed by atoms with E-state index in [4.69, 9.17) is 0 Å². The number of para-hydroxylation sites is 2. The number of nitrogens with zero attached hydrogens (tertiary/aromatic N) is 1. The molecule has 0 aliphatic carbocycles.